The second kappa shape index (κ2) is 6.22. The summed E-state index contributed by atoms with van der Waals surface area (Å²) in [7, 11) is 0. The van der Waals surface area contributed by atoms with E-state index in [4.69, 9.17) is 0 Å². The first-order chi connectivity index (χ1) is 9.85. The summed E-state index contributed by atoms with van der Waals surface area (Å²) >= 11 is 1.77. The van der Waals surface area contributed by atoms with Crippen LogP contribution in [0.4, 0.5) is 11.5 Å². The van der Waals surface area contributed by atoms with Gasteiger partial charge in [-0.3, -0.25) is 0 Å². The molecule has 2 aromatic rings. The van der Waals surface area contributed by atoms with Crippen LogP contribution in [0.1, 0.15) is 29.7 Å². The van der Waals surface area contributed by atoms with Gasteiger partial charge in [0.05, 0.1) is 23.4 Å². The van der Waals surface area contributed by atoms with Gasteiger partial charge in [-0.2, -0.15) is 0 Å². The lowest BCUT2D eigenvalue weighted by atomic mass is 10.3. The number of hydrogen-bond acceptors (Lipinski definition) is 5. The molecule has 0 radical (unpaired) electrons. The fourth-order valence-electron chi connectivity index (χ4n) is 2.41. The molecule has 0 saturated carbocycles. The Hall–Kier alpha value is -1.62. The van der Waals surface area contributed by atoms with E-state index in [-0.39, 0.29) is 0 Å². The standard InChI is InChI=1S/C15H20N4S/c1-2-15-18-11-13(20-15)10-16-12-5-6-14(17-9-12)19-7-3-4-8-19/h5-6,9,11,16H,2-4,7-8,10H2,1H3. The van der Waals surface area contributed by atoms with Gasteiger partial charge in [0.1, 0.15) is 5.82 Å². The minimum atomic E-state index is 0.822. The predicted octanol–water partition coefficient (Wildman–Crippen LogP) is 3.31. The second-order valence-electron chi connectivity index (χ2n) is 5.03. The molecule has 20 heavy (non-hydrogen) atoms. The van der Waals surface area contributed by atoms with E-state index in [2.05, 4.69) is 39.2 Å². The van der Waals surface area contributed by atoms with Crippen molar-refractivity contribution in [1.82, 2.24) is 9.97 Å². The van der Waals surface area contributed by atoms with Crippen LogP contribution in [0.25, 0.3) is 0 Å². The molecule has 1 saturated heterocycles. The molecule has 0 unspecified atom stereocenters. The van der Waals surface area contributed by atoms with Gasteiger partial charge >= 0.3 is 0 Å². The fraction of sp³-hybridized carbons (Fsp3) is 0.467. The Balaban J connectivity index is 1.57. The van der Waals surface area contributed by atoms with Crippen molar-refractivity contribution in [3.8, 4) is 0 Å². The van der Waals surface area contributed by atoms with Crippen LogP contribution in [-0.2, 0) is 13.0 Å². The molecule has 1 aliphatic heterocycles. The highest BCUT2D eigenvalue weighted by atomic mass is 32.1. The molecule has 2 aromatic heterocycles. The summed E-state index contributed by atoms with van der Waals surface area (Å²) in [6.45, 7) is 5.24. The number of anilines is 2. The number of aryl methyl sites for hydroxylation is 1. The average molecular weight is 288 g/mol. The first-order valence-corrected chi connectivity index (χ1v) is 8.05. The summed E-state index contributed by atoms with van der Waals surface area (Å²) in [6, 6.07) is 4.22. The zero-order chi connectivity index (χ0) is 13.8. The van der Waals surface area contributed by atoms with Crippen molar-refractivity contribution in [2.24, 2.45) is 0 Å². The summed E-state index contributed by atoms with van der Waals surface area (Å²) in [5, 5.41) is 4.60. The Bertz CT molecular complexity index is 543. The Morgan fingerprint density at radius 1 is 1.20 bits per heavy atom. The average Bonchev–Trinajstić information content (AvgIpc) is 3.17. The summed E-state index contributed by atoms with van der Waals surface area (Å²) < 4.78 is 0. The normalized spacial score (nSPS) is 14.8. The first kappa shape index (κ1) is 13.4. The van der Waals surface area contributed by atoms with E-state index in [1.54, 1.807) is 11.3 Å². The lowest BCUT2D eigenvalue weighted by Crippen LogP contribution is -2.18. The lowest BCUT2D eigenvalue weighted by molar-refractivity contribution is 0.937. The molecule has 0 atom stereocenters. The van der Waals surface area contributed by atoms with E-state index >= 15 is 0 Å². The summed E-state index contributed by atoms with van der Waals surface area (Å²) in [6.07, 6.45) is 7.47. The number of aromatic nitrogens is 2. The zero-order valence-corrected chi connectivity index (χ0v) is 12.6. The quantitative estimate of drug-likeness (QED) is 0.916. The number of thiazole rings is 1. The Labute approximate surface area is 123 Å². The first-order valence-electron chi connectivity index (χ1n) is 7.23. The van der Waals surface area contributed by atoms with Crippen molar-refractivity contribution < 1.29 is 0 Å². The summed E-state index contributed by atoms with van der Waals surface area (Å²) in [4.78, 5) is 12.5. The molecule has 1 aliphatic rings. The highest BCUT2D eigenvalue weighted by Gasteiger charge is 2.12. The molecule has 1 fully saturated rings. The van der Waals surface area contributed by atoms with Crippen molar-refractivity contribution >= 4 is 22.8 Å². The van der Waals surface area contributed by atoms with Gasteiger partial charge in [0.2, 0.25) is 0 Å². The maximum absolute atomic E-state index is 4.55. The van der Waals surface area contributed by atoms with Crippen LogP contribution in [-0.4, -0.2) is 23.1 Å². The van der Waals surface area contributed by atoms with E-state index in [0.29, 0.717) is 0 Å². The van der Waals surface area contributed by atoms with Gasteiger partial charge in [-0.25, -0.2) is 9.97 Å². The number of nitrogens with zero attached hydrogens (tertiary/aromatic N) is 3. The maximum atomic E-state index is 4.55. The van der Waals surface area contributed by atoms with Crippen molar-refractivity contribution in [1.29, 1.82) is 0 Å². The molecule has 0 aliphatic carbocycles. The van der Waals surface area contributed by atoms with Crippen LogP contribution in [0.3, 0.4) is 0 Å². The molecule has 3 heterocycles. The Kier molecular flexibility index (Phi) is 4.16. The molecule has 0 amide bonds. The van der Waals surface area contributed by atoms with Gasteiger partial charge in [0, 0.05) is 24.2 Å². The van der Waals surface area contributed by atoms with Gasteiger partial charge < -0.3 is 10.2 Å². The van der Waals surface area contributed by atoms with Crippen molar-refractivity contribution in [2.75, 3.05) is 23.3 Å². The van der Waals surface area contributed by atoms with Crippen LogP contribution < -0.4 is 10.2 Å². The van der Waals surface area contributed by atoms with Crippen LogP contribution in [0.5, 0.6) is 0 Å². The molecule has 0 bridgehead atoms. The maximum Gasteiger partial charge on any atom is 0.128 e. The molecule has 0 spiro atoms. The second-order valence-corrected chi connectivity index (χ2v) is 6.23. The topological polar surface area (TPSA) is 41.1 Å². The highest BCUT2D eigenvalue weighted by Crippen LogP contribution is 2.20. The molecule has 106 valence electrons. The number of nitrogens with one attached hydrogen (secondary N) is 1. The molecular weight excluding hydrogens is 268 g/mol. The molecule has 5 heteroatoms. The SMILES string of the molecule is CCc1ncc(CNc2ccc(N3CCCC3)nc2)s1. The Morgan fingerprint density at radius 2 is 2.05 bits per heavy atom. The third kappa shape index (κ3) is 3.10. The van der Waals surface area contributed by atoms with Gasteiger partial charge in [0.15, 0.2) is 0 Å². The molecule has 1 N–H and O–H groups in total. The minimum absolute atomic E-state index is 0.822. The van der Waals surface area contributed by atoms with Gasteiger partial charge in [-0.1, -0.05) is 6.92 Å². The van der Waals surface area contributed by atoms with E-state index < -0.39 is 0 Å². The van der Waals surface area contributed by atoms with E-state index in [1.165, 1.54) is 22.7 Å². The van der Waals surface area contributed by atoms with Crippen molar-refractivity contribution in [3.05, 3.63) is 34.4 Å². The van der Waals surface area contributed by atoms with Gasteiger partial charge in [-0.15, -0.1) is 11.3 Å². The van der Waals surface area contributed by atoms with Crippen LogP contribution in [0, 0.1) is 0 Å². The van der Waals surface area contributed by atoms with Crippen LogP contribution in [0.15, 0.2) is 24.5 Å². The lowest BCUT2D eigenvalue weighted by Gasteiger charge is -2.16. The molecule has 4 nitrogen and oxygen atoms in total. The third-order valence-corrected chi connectivity index (χ3v) is 4.69. The predicted molar refractivity (Wildman–Crippen MR) is 84.5 cm³/mol. The molecular formula is C15H20N4S. The smallest absolute Gasteiger partial charge is 0.128 e. The van der Waals surface area contributed by atoms with E-state index in [1.807, 2.05) is 12.4 Å². The summed E-state index contributed by atoms with van der Waals surface area (Å²) in [5.41, 5.74) is 1.07. The number of rotatable bonds is 5. The van der Waals surface area contributed by atoms with Gasteiger partial charge in [-0.05, 0) is 31.4 Å². The Morgan fingerprint density at radius 3 is 2.70 bits per heavy atom. The fourth-order valence-corrected chi connectivity index (χ4v) is 3.21. The minimum Gasteiger partial charge on any atom is -0.379 e. The van der Waals surface area contributed by atoms with E-state index in [0.717, 1.165) is 37.6 Å². The third-order valence-electron chi connectivity index (χ3n) is 3.55. The zero-order valence-electron chi connectivity index (χ0n) is 11.8. The van der Waals surface area contributed by atoms with Crippen LogP contribution in [0.2, 0.25) is 0 Å². The number of pyridine rings is 1. The monoisotopic (exact) mass is 288 g/mol. The van der Waals surface area contributed by atoms with Gasteiger partial charge in [0.25, 0.3) is 0 Å². The van der Waals surface area contributed by atoms with Crippen molar-refractivity contribution in [2.45, 2.75) is 32.7 Å². The molecule has 3 rings (SSSR count). The number of hydrogen-bond donors (Lipinski definition) is 1. The van der Waals surface area contributed by atoms with Crippen LogP contribution >= 0.6 is 11.3 Å². The summed E-state index contributed by atoms with van der Waals surface area (Å²) in [5.74, 6) is 1.10. The molecule has 0 aromatic carbocycles. The van der Waals surface area contributed by atoms with Crippen molar-refractivity contribution in [3.63, 3.8) is 0 Å². The van der Waals surface area contributed by atoms with E-state index in [9.17, 15) is 0 Å². The largest absolute Gasteiger partial charge is 0.379 e. The highest BCUT2D eigenvalue weighted by molar-refractivity contribution is 7.11.